The van der Waals surface area contributed by atoms with Gasteiger partial charge in [0.2, 0.25) is 15.9 Å². The lowest BCUT2D eigenvalue weighted by molar-refractivity contribution is -0.118. The lowest BCUT2D eigenvalue weighted by Crippen LogP contribution is -2.33. The first-order chi connectivity index (χ1) is 11.5. The van der Waals surface area contributed by atoms with Crippen LogP contribution in [0.1, 0.15) is 12.0 Å². The van der Waals surface area contributed by atoms with Gasteiger partial charge in [-0.05, 0) is 36.2 Å². The Labute approximate surface area is 146 Å². The summed E-state index contributed by atoms with van der Waals surface area (Å²) in [6.07, 6.45) is 0.935. The average Bonchev–Trinajstić information content (AvgIpc) is 2.99. The molecule has 2 aromatic rings. The predicted molar refractivity (Wildman–Crippen MR) is 93.8 cm³/mol. The molecular weight excluding hydrogens is 348 g/mol. The minimum Gasteiger partial charge on any atom is -0.312 e. The van der Waals surface area contributed by atoms with Crippen LogP contribution in [-0.2, 0) is 21.2 Å². The van der Waals surface area contributed by atoms with Crippen molar-refractivity contribution >= 4 is 33.2 Å². The molecule has 0 saturated heterocycles. The van der Waals surface area contributed by atoms with E-state index in [2.05, 4.69) is 4.72 Å². The molecule has 7 heteroatoms. The minimum atomic E-state index is -3.67. The Hall–Kier alpha value is -1.89. The number of amides is 1. The maximum Gasteiger partial charge on any atom is 0.240 e. The molecular formula is C17H17ClN2O3S. The average molecular weight is 365 g/mol. The normalized spacial score (nSPS) is 13.8. The number of para-hydroxylation sites is 1. The van der Waals surface area contributed by atoms with Crippen molar-refractivity contribution in [3.63, 3.8) is 0 Å². The topological polar surface area (TPSA) is 66.5 Å². The van der Waals surface area contributed by atoms with Gasteiger partial charge >= 0.3 is 0 Å². The molecule has 0 unspecified atom stereocenters. The number of rotatable bonds is 5. The van der Waals surface area contributed by atoms with E-state index in [0.29, 0.717) is 11.6 Å². The molecule has 126 valence electrons. The molecule has 0 aromatic heterocycles. The smallest absolute Gasteiger partial charge is 0.240 e. The van der Waals surface area contributed by atoms with Crippen LogP contribution in [0, 0.1) is 0 Å². The van der Waals surface area contributed by atoms with E-state index >= 15 is 0 Å². The molecule has 1 N–H and O–H groups in total. The molecule has 24 heavy (non-hydrogen) atoms. The molecule has 0 atom stereocenters. The van der Waals surface area contributed by atoms with Crippen molar-refractivity contribution in [2.75, 3.05) is 18.0 Å². The van der Waals surface area contributed by atoms with Crippen LogP contribution >= 0.6 is 11.6 Å². The van der Waals surface area contributed by atoms with Gasteiger partial charge in [0.15, 0.2) is 0 Å². The SMILES string of the molecule is O=C(CCNS(=O)(=O)c1cccc(Cl)c1)N1CCc2ccccc21. The van der Waals surface area contributed by atoms with Gasteiger partial charge in [0.05, 0.1) is 4.90 Å². The molecule has 5 nitrogen and oxygen atoms in total. The highest BCUT2D eigenvalue weighted by Crippen LogP contribution is 2.27. The van der Waals surface area contributed by atoms with E-state index in [1.165, 1.54) is 12.1 Å². The first-order valence-electron chi connectivity index (χ1n) is 7.61. The Bertz CT molecular complexity index is 868. The highest BCUT2D eigenvalue weighted by molar-refractivity contribution is 7.89. The first-order valence-corrected chi connectivity index (χ1v) is 9.47. The summed E-state index contributed by atoms with van der Waals surface area (Å²) in [7, 11) is -3.67. The zero-order valence-corrected chi connectivity index (χ0v) is 14.5. The molecule has 0 fully saturated rings. The summed E-state index contributed by atoms with van der Waals surface area (Å²) in [6.45, 7) is 0.686. The second kappa shape index (κ2) is 6.93. The van der Waals surface area contributed by atoms with Crippen molar-refractivity contribution in [3.8, 4) is 0 Å². The van der Waals surface area contributed by atoms with Gasteiger partial charge < -0.3 is 4.90 Å². The Morgan fingerprint density at radius 3 is 2.75 bits per heavy atom. The predicted octanol–water partition coefficient (Wildman–Crippen LogP) is 2.60. The fraction of sp³-hybridized carbons (Fsp3) is 0.235. The second-order valence-electron chi connectivity index (χ2n) is 5.53. The number of hydrogen-bond donors (Lipinski definition) is 1. The molecule has 1 aliphatic heterocycles. The summed E-state index contributed by atoms with van der Waals surface area (Å²) in [6, 6.07) is 13.8. The molecule has 1 heterocycles. The fourth-order valence-electron chi connectivity index (χ4n) is 2.74. The van der Waals surface area contributed by atoms with Gasteiger partial charge in [-0.1, -0.05) is 35.9 Å². The van der Waals surface area contributed by atoms with Crippen molar-refractivity contribution in [3.05, 3.63) is 59.1 Å². The lowest BCUT2D eigenvalue weighted by Gasteiger charge is -2.17. The number of nitrogens with one attached hydrogen (secondary N) is 1. The van der Waals surface area contributed by atoms with Crippen LogP contribution in [0.4, 0.5) is 5.69 Å². The number of nitrogens with zero attached hydrogens (tertiary/aromatic N) is 1. The second-order valence-corrected chi connectivity index (χ2v) is 7.73. The standard InChI is InChI=1S/C17H17ClN2O3S/c18-14-5-3-6-15(12-14)24(22,23)19-10-8-17(21)20-11-9-13-4-1-2-7-16(13)20/h1-7,12,19H,8-11H2. The number of benzene rings is 2. The molecule has 2 aromatic carbocycles. The third-order valence-electron chi connectivity index (χ3n) is 3.93. The van der Waals surface area contributed by atoms with E-state index in [9.17, 15) is 13.2 Å². The Morgan fingerprint density at radius 2 is 1.96 bits per heavy atom. The van der Waals surface area contributed by atoms with E-state index in [1.54, 1.807) is 17.0 Å². The molecule has 0 saturated carbocycles. The number of fused-ring (bicyclic) bond motifs is 1. The summed E-state index contributed by atoms with van der Waals surface area (Å²) < 4.78 is 26.8. The maximum atomic E-state index is 12.4. The van der Waals surface area contributed by atoms with Crippen molar-refractivity contribution in [1.29, 1.82) is 0 Å². The molecule has 0 radical (unpaired) electrons. The van der Waals surface area contributed by atoms with E-state index in [1.807, 2.05) is 24.3 Å². The van der Waals surface area contributed by atoms with Gasteiger partial charge in [-0.15, -0.1) is 0 Å². The third-order valence-corrected chi connectivity index (χ3v) is 5.62. The largest absolute Gasteiger partial charge is 0.312 e. The van der Waals surface area contributed by atoms with Crippen molar-refractivity contribution in [2.24, 2.45) is 0 Å². The molecule has 0 bridgehead atoms. The lowest BCUT2D eigenvalue weighted by atomic mass is 10.2. The number of carbonyl (C=O) groups is 1. The van der Waals surface area contributed by atoms with Gasteiger partial charge in [-0.25, -0.2) is 13.1 Å². The van der Waals surface area contributed by atoms with E-state index in [0.717, 1.165) is 17.7 Å². The van der Waals surface area contributed by atoms with Gasteiger partial charge in [0.1, 0.15) is 0 Å². The number of sulfonamides is 1. The van der Waals surface area contributed by atoms with E-state index in [-0.39, 0.29) is 23.8 Å². The zero-order valence-electron chi connectivity index (χ0n) is 12.9. The van der Waals surface area contributed by atoms with E-state index in [4.69, 9.17) is 11.6 Å². The molecule has 1 amide bonds. The third kappa shape index (κ3) is 3.61. The summed E-state index contributed by atoms with van der Waals surface area (Å²) in [5.74, 6) is -0.0891. The van der Waals surface area contributed by atoms with Crippen LogP contribution in [0.3, 0.4) is 0 Å². The van der Waals surface area contributed by atoms with Gasteiger partial charge in [0.25, 0.3) is 0 Å². The monoisotopic (exact) mass is 364 g/mol. The maximum absolute atomic E-state index is 12.4. The molecule has 3 rings (SSSR count). The summed E-state index contributed by atoms with van der Waals surface area (Å²) in [4.78, 5) is 14.2. The van der Waals surface area contributed by atoms with Crippen LogP contribution in [0.15, 0.2) is 53.4 Å². The van der Waals surface area contributed by atoms with Crippen molar-refractivity contribution < 1.29 is 13.2 Å². The number of hydrogen-bond acceptors (Lipinski definition) is 3. The summed E-state index contributed by atoms with van der Waals surface area (Å²) in [5, 5.41) is 0.350. The van der Waals surface area contributed by atoms with Crippen LogP contribution in [-0.4, -0.2) is 27.4 Å². The van der Waals surface area contributed by atoms with Crippen LogP contribution in [0.2, 0.25) is 5.02 Å². The van der Waals surface area contributed by atoms with Gasteiger partial charge in [0, 0.05) is 30.2 Å². The Morgan fingerprint density at radius 1 is 1.17 bits per heavy atom. The highest BCUT2D eigenvalue weighted by atomic mass is 35.5. The van der Waals surface area contributed by atoms with Crippen LogP contribution in [0.25, 0.3) is 0 Å². The van der Waals surface area contributed by atoms with Crippen LogP contribution in [0.5, 0.6) is 0 Å². The molecule has 1 aliphatic rings. The Balaban J connectivity index is 1.60. The van der Waals surface area contributed by atoms with Crippen molar-refractivity contribution in [2.45, 2.75) is 17.7 Å². The van der Waals surface area contributed by atoms with Crippen LogP contribution < -0.4 is 9.62 Å². The highest BCUT2D eigenvalue weighted by Gasteiger charge is 2.24. The van der Waals surface area contributed by atoms with Crippen molar-refractivity contribution in [1.82, 2.24) is 4.72 Å². The van der Waals surface area contributed by atoms with Gasteiger partial charge in [-0.3, -0.25) is 4.79 Å². The quantitative estimate of drug-likeness (QED) is 0.886. The number of halogens is 1. The van der Waals surface area contributed by atoms with E-state index < -0.39 is 10.0 Å². The zero-order chi connectivity index (χ0) is 17.2. The molecule has 0 spiro atoms. The summed E-state index contributed by atoms with van der Waals surface area (Å²) in [5.41, 5.74) is 2.06. The fourth-order valence-corrected chi connectivity index (χ4v) is 4.07. The first kappa shape index (κ1) is 17.0. The number of carbonyl (C=O) groups excluding carboxylic acids is 1. The molecule has 0 aliphatic carbocycles. The Kier molecular flexibility index (Phi) is 4.89. The number of anilines is 1. The minimum absolute atomic E-state index is 0.0480. The summed E-state index contributed by atoms with van der Waals surface area (Å²) >= 11 is 5.82. The van der Waals surface area contributed by atoms with Gasteiger partial charge in [-0.2, -0.15) is 0 Å².